The van der Waals surface area contributed by atoms with Crippen LogP contribution in [0.2, 0.25) is 0 Å². The SMILES string of the molecule is CCC(C)(C)OCC(=O)c1cc(F)ccc1OC. The van der Waals surface area contributed by atoms with Gasteiger partial charge in [0.1, 0.15) is 18.2 Å². The molecule has 1 aromatic carbocycles. The number of Topliss-reactive ketones (excluding diaryl/α,β-unsaturated/α-hetero) is 1. The van der Waals surface area contributed by atoms with E-state index < -0.39 is 5.82 Å². The molecule has 0 amide bonds. The Labute approximate surface area is 107 Å². The molecule has 3 nitrogen and oxygen atoms in total. The summed E-state index contributed by atoms with van der Waals surface area (Å²) in [5.41, 5.74) is -0.152. The lowest BCUT2D eigenvalue weighted by atomic mass is 10.1. The van der Waals surface area contributed by atoms with Gasteiger partial charge < -0.3 is 9.47 Å². The first kappa shape index (κ1) is 14.6. The first-order valence-electron chi connectivity index (χ1n) is 5.90. The fourth-order valence-corrected chi connectivity index (χ4v) is 1.34. The van der Waals surface area contributed by atoms with Crippen LogP contribution in [0.3, 0.4) is 0 Å². The zero-order chi connectivity index (χ0) is 13.8. The number of carbonyl (C=O) groups excluding carboxylic acids is 1. The van der Waals surface area contributed by atoms with Gasteiger partial charge in [0, 0.05) is 0 Å². The van der Waals surface area contributed by atoms with E-state index in [2.05, 4.69) is 0 Å². The molecule has 0 saturated carbocycles. The molecule has 0 heterocycles. The van der Waals surface area contributed by atoms with Crippen LogP contribution in [0.1, 0.15) is 37.6 Å². The number of methoxy groups -OCH3 is 1. The lowest BCUT2D eigenvalue weighted by molar-refractivity contribution is -0.0123. The topological polar surface area (TPSA) is 35.5 Å². The Morgan fingerprint density at radius 3 is 2.61 bits per heavy atom. The Morgan fingerprint density at radius 2 is 2.06 bits per heavy atom. The first-order chi connectivity index (χ1) is 8.39. The van der Waals surface area contributed by atoms with Gasteiger partial charge in [-0.15, -0.1) is 0 Å². The number of hydrogen-bond donors (Lipinski definition) is 0. The highest BCUT2D eigenvalue weighted by Crippen LogP contribution is 2.21. The largest absolute Gasteiger partial charge is 0.496 e. The van der Waals surface area contributed by atoms with E-state index in [1.54, 1.807) is 0 Å². The van der Waals surface area contributed by atoms with E-state index >= 15 is 0 Å². The van der Waals surface area contributed by atoms with E-state index in [1.165, 1.54) is 25.3 Å². The molecule has 18 heavy (non-hydrogen) atoms. The Balaban J connectivity index is 2.81. The minimum absolute atomic E-state index is 0.0827. The smallest absolute Gasteiger partial charge is 0.192 e. The molecule has 0 aliphatic carbocycles. The summed E-state index contributed by atoms with van der Waals surface area (Å²) in [6.45, 7) is 5.71. The molecule has 0 aromatic heterocycles. The van der Waals surface area contributed by atoms with Crippen molar-refractivity contribution in [3.05, 3.63) is 29.6 Å². The molecular weight excluding hydrogens is 235 g/mol. The summed E-state index contributed by atoms with van der Waals surface area (Å²) in [5.74, 6) is -0.388. The normalized spacial score (nSPS) is 11.4. The lowest BCUT2D eigenvalue weighted by Gasteiger charge is -2.23. The third-order valence-corrected chi connectivity index (χ3v) is 2.91. The molecule has 4 heteroatoms. The maximum absolute atomic E-state index is 13.1. The number of halogens is 1. The van der Waals surface area contributed by atoms with Gasteiger partial charge in [0.2, 0.25) is 0 Å². The second kappa shape index (κ2) is 5.96. The molecule has 0 radical (unpaired) electrons. The van der Waals surface area contributed by atoms with Gasteiger partial charge in [0.15, 0.2) is 5.78 Å². The van der Waals surface area contributed by atoms with Gasteiger partial charge in [-0.2, -0.15) is 0 Å². The molecule has 0 atom stereocenters. The van der Waals surface area contributed by atoms with Crippen molar-refractivity contribution >= 4 is 5.78 Å². The fraction of sp³-hybridized carbons (Fsp3) is 0.500. The van der Waals surface area contributed by atoms with Gasteiger partial charge in [-0.3, -0.25) is 4.79 Å². The van der Waals surface area contributed by atoms with E-state index in [0.29, 0.717) is 5.75 Å². The predicted molar refractivity (Wildman–Crippen MR) is 67.6 cm³/mol. The van der Waals surface area contributed by atoms with Gasteiger partial charge in [-0.25, -0.2) is 4.39 Å². The zero-order valence-corrected chi connectivity index (χ0v) is 11.2. The summed E-state index contributed by atoms with van der Waals surface area (Å²) in [4.78, 5) is 12.0. The van der Waals surface area contributed by atoms with Crippen LogP contribution in [0.5, 0.6) is 5.75 Å². The van der Waals surface area contributed by atoms with Crippen molar-refractivity contribution in [2.24, 2.45) is 0 Å². The van der Waals surface area contributed by atoms with Crippen LogP contribution in [-0.2, 0) is 4.74 Å². The second-order valence-corrected chi connectivity index (χ2v) is 4.67. The minimum atomic E-state index is -0.464. The number of carbonyl (C=O) groups is 1. The number of benzene rings is 1. The highest BCUT2D eigenvalue weighted by atomic mass is 19.1. The Bertz CT molecular complexity index is 427. The molecular formula is C14H19FO3. The second-order valence-electron chi connectivity index (χ2n) is 4.67. The van der Waals surface area contributed by atoms with Crippen LogP contribution in [0.15, 0.2) is 18.2 Å². The van der Waals surface area contributed by atoms with Gasteiger partial charge in [0.05, 0.1) is 18.3 Å². The molecule has 0 aliphatic rings. The molecule has 0 aliphatic heterocycles. The van der Waals surface area contributed by atoms with E-state index in [1.807, 2.05) is 20.8 Å². The molecule has 1 aromatic rings. The molecule has 1 rings (SSSR count). The van der Waals surface area contributed by atoms with Crippen LogP contribution in [0.4, 0.5) is 4.39 Å². The van der Waals surface area contributed by atoms with Crippen molar-refractivity contribution in [3.8, 4) is 5.75 Å². The Morgan fingerprint density at radius 1 is 1.39 bits per heavy atom. The quantitative estimate of drug-likeness (QED) is 0.731. The van der Waals surface area contributed by atoms with Crippen molar-refractivity contribution in [2.75, 3.05) is 13.7 Å². The number of ether oxygens (including phenoxy) is 2. The summed E-state index contributed by atoms with van der Waals surface area (Å²) >= 11 is 0. The first-order valence-corrected chi connectivity index (χ1v) is 5.90. The van der Waals surface area contributed by atoms with E-state index in [-0.39, 0.29) is 23.6 Å². The van der Waals surface area contributed by atoms with E-state index in [9.17, 15) is 9.18 Å². The zero-order valence-electron chi connectivity index (χ0n) is 11.2. The third kappa shape index (κ3) is 3.81. The van der Waals surface area contributed by atoms with Gasteiger partial charge in [0.25, 0.3) is 0 Å². The number of hydrogen-bond acceptors (Lipinski definition) is 3. The average molecular weight is 254 g/mol. The van der Waals surface area contributed by atoms with Crippen molar-refractivity contribution in [2.45, 2.75) is 32.8 Å². The van der Waals surface area contributed by atoms with Crippen molar-refractivity contribution in [3.63, 3.8) is 0 Å². The average Bonchev–Trinajstić information content (AvgIpc) is 2.36. The van der Waals surface area contributed by atoms with Gasteiger partial charge in [-0.1, -0.05) is 6.92 Å². The Hall–Kier alpha value is -1.42. The third-order valence-electron chi connectivity index (χ3n) is 2.91. The van der Waals surface area contributed by atoms with Gasteiger partial charge in [-0.05, 0) is 38.5 Å². The monoisotopic (exact) mass is 254 g/mol. The summed E-state index contributed by atoms with van der Waals surface area (Å²) in [5, 5.41) is 0. The summed E-state index contributed by atoms with van der Waals surface area (Å²) in [6, 6.07) is 3.86. The van der Waals surface area contributed by atoms with Crippen LogP contribution in [0.25, 0.3) is 0 Å². The highest BCUT2D eigenvalue weighted by Gasteiger charge is 2.20. The van der Waals surface area contributed by atoms with E-state index in [4.69, 9.17) is 9.47 Å². The number of rotatable bonds is 6. The van der Waals surface area contributed by atoms with Crippen LogP contribution >= 0.6 is 0 Å². The van der Waals surface area contributed by atoms with Crippen molar-refractivity contribution in [1.82, 2.24) is 0 Å². The van der Waals surface area contributed by atoms with Crippen LogP contribution in [-0.4, -0.2) is 25.1 Å². The number of ketones is 1. The standard InChI is InChI=1S/C14H19FO3/c1-5-14(2,3)18-9-12(16)11-8-10(15)6-7-13(11)17-4/h6-8H,5,9H2,1-4H3. The maximum Gasteiger partial charge on any atom is 0.192 e. The van der Waals surface area contributed by atoms with Crippen molar-refractivity contribution in [1.29, 1.82) is 0 Å². The Kier molecular flexibility index (Phi) is 4.84. The predicted octanol–water partition coefficient (Wildman–Crippen LogP) is 3.22. The summed E-state index contributed by atoms with van der Waals surface area (Å²) in [7, 11) is 1.45. The van der Waals surface area contributed by atoms with Crippen LogP contribution < -0.4 is 4.74 Å². The molecule has 0 spiro atoms. The highest BCUT2D eigenvalue weighted by molar-refractivity contribution is 5.99. The lowest BCUT2D eigenvalue weighted by Crippen LogP contribution is -2.26. The minimum Gasteiger partial charge on any atom is -0.496 e. The molecule has 0 saturated heterocycles. The van der Waals surface area contributed by atoms with Gasteiger partial charge >= 0.3 is 0 Å². The molecule has 100 valence electrons. The molecule has 0 unspecified atom stereocenters. The van der Waals surface area contributed by atoms with Crippen molar-refractivity contribution < 1.29 is 18.7 Å². The van der Waals surface area contributed by atoms with Crippen LogP contribution in [0, 0.1) is 5.82 Å². The summed E-state index contributed by atoms with van der Waals surface area (Å²) in [6.07, 6.45) is 0.792. The molecule has 0 N–H and O–H groups in total. The molecule has 0 fully saturated rings. The van der Waals surface area contributed by atoms with E-state index in [0.717, 1.165) is 6.42 Å². The fourth-order valence-electron chi connectivity index (χ4n) is 1.34. The molecule has 0 bridgehead atoms. The maximum atomic E-state index is 13.1. The summed E-state index contributed by atoms with van der Waals surface area (Å²) < 4.78 is 23.7.